The number of nitrogens with one attached hydrogen (secondary N) is 1. The molecule has 40 heavy (non-hydrogen) atoms. The molecule has 0 atom stereocenters. The predicted molar refractivity (Wildman–Crippen MR) is 159 cm³/mol. The SMILES string of the molecule is CCCCOC(=O)c1cc(NC(=O)CN2C(=O)S/C(=C/c3c4ccccc4cc4ccccc34)C2=O)ccc1Cl. The van der Waals surface area contributed by atoms with Crippen LogP contribution in [0.4, 0.5) is 10.5 Å². The van der Waals surface area contributed by atoms with Gasteiger partial charge in [0.1, 0.15) is 6.54 Å². The molecule has 202 valence electrons. The zero-order valence-electron chi connectivity index (χ0n) is 21.6. The number of benzene rings is 4. The molecule has 4 aromatic rings. The van der Waals surface area contributed by atoms with E-state index in [9.17, 15) is 19.2 Å². The third-order valence-electron chi connectivity index (χ3n) is 6.46. The maximum atomic E-state index is 13.3. The average Bonchev–Trinajstić information content (AvgIpc) is 3.21. The van der Waals surface area contributed by atoms with Crippen molar-refractivity contribution in [2.45, 2.75) is 19.8 Å². The summed E-state index contributed by atoms with van der Waals surface area (Å²) in [5, 5.41) is 6.23. The first-order valence-corrected chi connectivity index (χ1v) is 14.0. The summed E-state index contributed by atoms with van der Waals surface area (Å²) in [5.41, 5.74) is 1.25. The van der Waals surface area contributed by atoms with E-state index >= 15 is 0 Å². The third-order valence-corrected chi connectivity index (χ3v) is 7.70. The Labute approximate surface area is 240 Å². The number of rotatable bonds is 8. The quantitative estimate of drug-likeness (QED) is 0.103. The summed E-state index contributed by atoms with van der Waals surface area (Å²) >= 11 is 6.95. The van der Waals surface area contributed by atoms with Crippen molar-refractivity contribution in [2.24, 2.45) is 0 Å². The van der Waals surface area contributed by atoms with Crippen molar-refractivity contribution >= 4 is 79.7 Å². The molecule has 1 fully saturated rings. The Morgan fingerprint density at radius 3 is 2.33 bits per heavy atom. The van der Waals surface area contributed by atoms with Crippen LogP contribution in [0.1, 0.15) is 35.7 Å². The van der Waals surface area contributed by atoms with Crippen LogP contribution in [0.5, 0.6) is 0 Å². The molecule has 1 N–H and O–H groups in total. The maximum Gasteiger partial charge on any atom is 0.339 e. The first-order valence-electron chi connectivity index (χ1n) is 12.8. The Balaban J connectivity index is 1.34. The van der Waals surface area contributed by atoms with Gasteiger partial charge in [-0.15, -0.1) is 0 Å². The first kappa shape index (κ1) is 27.4. The molecule has 9 heteroatoms. The molecule has 0 aromatic heterocycles. The van der Waals surface area contributed by atoms with Crippen molar-refractivity contribution in [2.75, 3.05) is 18.5 Å². The molecule has 7 nitrogen and oxygen atoms in total. The van der Waals surface area contributed by atoms with Crippen molar-refractivity contribution < 1.29 is 23.9 Å². The van der Waals surface area contributed by atoms with Gasteiger partial charge in [0.2, 0.25) is 5.91 Å². The lowest BCUT2D eigenvalue weighted by molar-refractivity contribution is -0.127. The molecule has 0 aliphatic carbocycles. The number of hydrogen-bond donors (Lipinski definition) is 1. The van der Waals surface area contributed by atoms with Crippen LogP contribution in [0.15, 0.2) is 77.7 Å². The van der Waals surface area contributed by atoms with E-state index in [0.29, 0.717) is 5.69 Å². The molecule has 3 amide bonds. The molecule has 4 aromatic carbocycles. The van der Waals surface area contributed by atoms with Crippen molar-refractivity contribution in [3.63, 3.8) is 0 Å². The fraction of sp³-hybridized carbons (Fsp3) is 0.161. The fourth-order valence-corrected chi connectivity index (χ4v) is 5.48. The number of amides is 3. The minimum absolute atomic E-state index is 0.118. The standard InChI is InChI=1S/C31H25ClN2O5S/c1-2-3-14-39-30(37)25-16-21(12-13-26(25)32)33-28(35)18-34-29(36)27(40-31(34)38)17-24-22-10-6-4-8-19(22)15-20-9-5-7-11-23(20)24/h4-13,15-17H,2-3,14,18H2,1H3,(H,33,35)/b27-17+. The summed E-state index contributed by atoms with van der Waals surface area (Å²) < 4.78 is 5.22. The highest BCUT2D eigenvalue weighted by Crippen LogP contribution is 2.36. The summed E-state index contributed by atoms with van der Waals surface area (Å²) in [7, 11) is 0. The smallest absolute Gasteiger partial charge is 0.339 e. The summed E-state index contributed by atoms with van der Waals surface area (Å²) in [5.74, 6) is -1.73. The third kappa shape index (κ3) is 5.73. The highest BCUT2D eigenvalue weighted by molar-refractivity contribution is 8.18. The number of esters is 1. The van der Waals surface area contributed by atoms with E-state index < -0.39 is 29.6 Å². The lowest BCUT2D eigenvalue weighted by Crippen LogP contribution is -2.36. The molecule has 0 spiro atoms. The van der Waals surface area contributed by atoms with Crippen molar-refractivity contribution in [1.29, 1.82) is 0 Å². The number of anilines is 1. The van der Waals surface area contributed by atoms with E-state index in [1.807, 2.05) is 55.5 Å². The van der Waals surface area contributed by atoms with Gasteiger partial charge in [0.15, 0.2) is 0 Å². The Bertz CT molecular complexity index is 1650. The van der Waals surface area contributed by atoms with E-state index in [2.05, 4.69) is 11.4 Å². The summed E-state index contributed by atoms with van der Waals surface area (Å²) in [6.45, 7) is 1.77. The summed E-state index contributed by atoms with van der Waals surface area (Å²) in [4.78, 5) is 52.4. The molecule has 0 unspecified atom stereocenters. The van der Waals surface area contributed by atoms with Gasteiger partial charge < -0.3 is 10.1 Å². The lowest BCUT2D eigenvalue weighted by atomic mass is 9.96. The van der Waals surface area contributed by atoms with Crippen LogP contribution in [0.2, 0.25) is 5.02 Å². The van der Waals surface area contributed by atoms with Gasteiger partial charge in [0, 0.05) is 5.69 Å². The zero-order valence-corrected chi connectivity index (χ0v) is 23.2. The highest BCUT2D eigenvalue weighted by Gasteiger charge is 2.36. The number of carbonyl (C=O) groups is 4. The zero-order chi connectivity index (χ0) is 28.2. The second-order valence-corrected chi connectivity index (χ2v) is 10.6. The van der Waals surface area contributed by atoms with Gasteiger partial charge in [-0.05, 0) is 75.6 Å². The molecule has 1 aliphatic rings. The Morgan fingerprint density at radius 2 is 1.65 bits per heavy atom. The number of carbonyl (C=O) groups excluding carboxylic acids is 4. The molecular formula is C31H25ClN2O5S. The maximum absolute atomic E-state index is 13.3. The topological polar surface area (TPSA) is 92.8 Å². The number of nitrogens with zero attached hydrogens (tertiary/aromatic N) is 1. The molecular weight excluding hydrogens is 548 g/mol. The molecule has 1 saturated heterocycles. The van der Waals surface area contributed by atoms with Crippen molar-refractivity contribution in [1.82, 2.24) is 4.90 Å². The Morgan fingerprint density at radius 1 is 0.975 bits per heavy atom. The van der Waals surface area contributed by atoms with Gasteiger partial charge in [-0.25, -0.2) is 4.79 Å². The molecule has 5 rings (SSSR count). The number of imide groups is 1. The van der Waals surface area contributed by atoms with E-state index in [-0.39, 0.29) is 22.1 Å². The number of ether oxygens (including phenoxy) is 1. The second kappa shape index (κ2) is 11.9. The molecule has 0 saturated carbocycles. The van der Waals surface area contributed by atoms with E-state index in [0.717, 1.165) is 56.6 Å². The Hall–Kier alpha value is -4.14. The minimum atomic E-state index is -0.591. The second-order valence-electron chi connectivity index (χ2n) is 9.23. The highest BCUT2D eigenvalue weighted by atomic mass is 35.5. The van der Waals surface area contributed by atoms with Crippen LogP contribution >= 0.6 is 23.4 Å². The molecule has 1 aliphatic heterocycles. The normalized spacial score (nSPS) is 14.3. The molecule has 0 radical (unpaired) electrons. The van der Waals surface area contributed by atoms with Gasteiger partial charge >= 0.3 is 5.97 Å². The number of hydrogen-bond acceptors (Lipinski definition) is 6. The van der Waals surface area contributed by atoms with Crippen LogP contribution in [0, 0.1) is 0 Å². The average molecular weight is 573 g/mol. The van der Waals surface area contributed by atoms with E-state index in [4.69, 9.17) is 16.3 Å². The number of unbranched alkanes of at least 4 members (excludes halogenated alkanes) is 1. The van der Waals surface area contributed by atoms with Crippen LogP contribution in [0.25, 0.3) is 27.6 Å². The van der Waals surface area contributed by atoms with Gasteiger partial charge in [0.05, 0.1) is 22.1 Å². The van der Waals surface area contributed by atoms with E-state index in [1.54, 1.807) is 6.08 Å². The fourth-order valence-electron chi connectivity index (χ4n) is 4.46. The largest absolute Gasteiger partial charge is 0.462 e. The van der Waals surface area contributed by atoms with Crippen molar-refractivity contribution in [3.05, 3.63) is 93.9 Å². The number of thioether (sulfide) groups is 1. The lowest BCUT2D eigenvalue weighted by Gasteiger charge is -2.13. The predicted octanol–water partition coefficient (Wildman–Crippen LogP) is 7.28. The van der Waals surface area contributed by atoms with Gasteiger partial charge in [-0.2, -0.15) is 0 Å². The summed E-state index contributed by atoms with van der Waals surface area (Å²) in [6, 6.07) is 22.2. The van der Waals surface area contributed by atoms with Crippen molar-refractivity contribution in [3.8, 4) is 0 Å². The van der Waals surface area contributed by atoms with Crippen LogP contribution in [0.3, 0.4) is 0 Å². The Kier molecular flexibility index (Phi) is 8.19. The van der Waals surface area contributed by atoms with Gasteiger partial charge in [-0.3, -0.25) is 19.3 Å². The van der Waals surface area contributed by atoms with Crippen LogP contribution in [-0.4, -0.2) is 41.1 Å². The first-order chi connectivity index (χ1) is 19.4. The molecule has 0 bridgehead atoms. The van der Waals surface area contributed by atoms with Gasteiger partial charge in [0.25, 0.3) is 11.1 Å². The van der Waals surface area contributed by atoms with Crippen LogP contribution in [-0.2, 0) is 14.3 Å². The summed E-state index contributed by atoms with van der Waals surface area (Å²) in [6.07, 6.45) is 3.32. The number of fused-ring (bicyclic) bond motifs is 2. The van der Waals surface area contributed by atoms with Crippen LogP contribution < -0.4 is 5.32 Å². The van der Waals surface area contributed by atoms with Gasteiger partial charge in [-0.1, -0.05) is 73.5 Å². The number of halogens is 1. The monoisotopic (exact) mass is 572 g/mol. The van der Waals surface area contributed by atoms with E-state index in [1.165, 1.54) is 18.2 Å². The molecule has 1 heterocycles. The minimum Gasteiger partial charge on any atom is -0.462 e.